The van der Waals surface area contributed by atoms with Gasteiger partial charge in [-0.15, -0.1) is 0 Å². The third-order valence-electron chi connectivity index (χ3n) is 4.25. The summed E-state index contributed by atoms with van der Waals surface area (Å²) in [5.41, 5.74) is 7.77. The van der Waals surface area contributed by atoms with Gasteiger partial charge >= 0.3 is 0 Å². The molecule has 0 amide bonds. The number of nitrogens with one attached hydrogen (secondary N) is 1. The highest BCUT2D eigenvalue weighted by atomic mass is 19.1. The Labute approximate surface area is 129 Å². The van der Waals surface area contributed by atoms with Crippen LogP contribution in [0.5, 0.6) is 5.88 Å². The Morgan fingerprint density at radius 1 is 1.41 bits per heavy atom. The lowest BCUT2D eigenvalue weighted by Crippen LogP contribution is -2.45. The second-order valence-electron chi connectivity index (χ2n) is 5.79. The zero-order valence-corrected chi connectivity index (χ0v) is 12.7. The van der Waals surface area contributed by atoms with Crippen LogP contribution in [0.15, 0.2) is 18.3 Å². The minimum atomic E-state index is -0.305. The number of nitrogens with zero attached hydrogens (tertiary/aromatic N) is 2. The van der Waals surface area contributed by atoms with E-state index in [0.717, 1.165) is 25.8 Å². The van der Waals surface area contributed by atoms with Crippen molar-refractivity contribution in [1.82, 2.24) is 15.3 Å². The fourth-order valence-corrected chi connectivity index (χ4v) is 2.93. The molecular weight excluding hydrogens is 283 g/mol. The highest BCUT2D eigenvalue weighted by Crippen LogP contribution is 2.23. The quantitative estimate of drug-likeness (QED) is 0.901. The maximum atomic E-state index is 14.2. The smallest absolute Gasteiger partial charge is 0.213 e. The van der Waals surface area contributed by atoms with Gasteiger partial charge < -0.3 is 15.8 Å². The standard InChI is InChI=1S/C16H21FN4O/c1-22-15-7-6-14-16(21-15)12(13(17)9-20-14)5-4-11-3-2-10(18)8-19-11/h6-7,9-11,19H,2-5,8,18H2,1H3/t10-,11+/m0/s1. The Morgan fingerprint density at radius 2 is 2.27 bits per heavy atom. The highest BCUT2D eigenvalue weighted by molar-refractivity contribution is 5.78. The number of fused-ring (bicyclic) bond motifs is 1. The molecule has 1 saturated heterocycles. The molecule has 2 atom stereocenters. The Balaban J connectivity index is 1.81. The number of aryl methyl sites for hydroxylation is 1. The number of methoxy groups -OCH3 is 1. The lowest BCUT2D eigenvalue weighted by atomic mass is 9.95. The van der Waals surface area contributed by atoms with E-state index in [1.807, 2.05) is 6.07 Å². The van der Waals surface area contributed by atoms with Crippen LogP contribution in [0.3, 0.4) is 0 Å². The van der Waals surface area contributed by atoms with Crippen LogP contribution in [0.25, 0.3) is 11.0 Å². The summed E-state index contributed by atoms with van der Waals surface area (Å²) in [6.07, 6.45) is 4.81. The summed E-state index contributed by atoms with van der Waals surface area (Å²) in [5.74, 6) is 0.170. The van der Waals surface area contributed by atoms with E-state index >= 15 is 0 Å². The lowest BCUT2D eigenvalue weighted by molar-refractivity contribution is 0.350. The van der Waals surface area contributed by atoms with Crippen LogP contribution < -0.4 is 15.8 Å². The minimum absolute atomic E-state index is 0.237. The SMILES string of the molecule is COc1ccc2ncc(F)c(CC[C@H]3CC[C@H](N)CN3)c2n1. The second-order valence-corrected chi connectivity index (χ2v) is 5.79. The molecular formula is C16H21FN4O. The number of rotatable bonds is 4. The van der Waals surface area contributed by atoms with Crippen molar-refractivity contribution >= 4 is 11.0 Å². The molecule has 0 aliphatic carbocycles. The average Bonchev–Trinajstić information content (AvgIpc) is 2.55. The molecule has 3 N–H and O–H groups in total. The number of aromatic nitrogens is 2. The molecule has 6 heteroatoms. The predicted octanol–water partition coefficient (Wildman–Crippen LogP) is 1.79. The molecule has 22 heavy (non-hydrogen) atoms. The van der Waals surface area contributed by atoms with Gasteiger partial charge in [0, 0.05) is 30.3 Å². The van der Waals surface area contributed by atoms with E-state index in [0.29, 0.717) is 34.9 Å². The Kier molecular flexibility index (Phi) is 4.49. The van der Waals surface area contributed by atoms with Gasteiger partial charge in [-0.1, -0.05) is 0 Å². The molecule has 0 bridgehead atoms. The number of halogens is 1. The van der Waals surface area contributed by atoms with E-state index < -0.39 is 0 Å². The molecule has 0 saturated carbocycles. The van der Waals surface area contributed by atoms with Gasteiger partial charge in [-0.2, -0.15) is 0 Å². The molecule has 2 aromatic heterocycles. The van der Waals surface area contributed by atoms with Crippen molar-refractivity contribution in [3.05, 3.63) is 29.7 Å². The Morgan fingerprint density at radius 3 is 3.00 bits per heavy atom. The number of hydrogen-bond acceptors (Lipinski definition) is 5. The van der Waals surface area contributed by atoms with Crippen LogP contribution in [0.1, 0.15) is 24.8 Å². The Hall–Kier alpha value is -1.79. The molecule has 0 spiro atoms. The fraction of sp³-hybridized carbons (Fsp3) is 0.500. The van der Waals surface area contributed by atoms with Crippen LogP contribution in [0.4, 0.5) is 4.39 Å². The number of ether oxygens (including phenoxy) is 1. The topological polar surface area (TPSA) is 73.1 Å². The highest BCUT2D eigenvalue weighted by Gasteiger charge is 2.19. The van der Waals surface area contributed by atoms with Crippen molar-refractivity contribution in [3.63, 3.8) is 0 Å². The maximum absolute atomic E-state index is 14.2. The fourth-order valence-electron chi connectivity index (χ4n) is 2.93. The number of nitrogens with two attached hydrogens (primary N) is 1. The molecule has 5 nitrogen and oxygen atoms in total. The van der Waals surface area contributed by atoms with Crippen molar-refractivity contribution in [2.24, 2.45) is 5.73 Å². The molecule has 0 unspecified atom stereocenters. The second kappa shape index (κ2) is 6.54. The molecule has 1 fully saturated rings. The molecule has 2 aromatic rings. The van der Waals surface area contributed by atoms with Gasteiger partial charge in [-0.25, -0.2) is 9.37 Å². The van der Waals surface area contributed by atoms with Gasteiger partial charge in [0.1, 0.15) is 5.82 Å². The van der Waals surface area contributed by atoms with Gasteiger partial charge in [0.05, 0.1) is 24.3 Å². The number of hydrogen-bond donors (Lipinski definition) is 2. The van der Waals surface area contributed by atoms with Crippen molar-refractivity contribution in [2.45, 2.75) is 37.8 Å². The van der Waals surface area contributed by atoms with E-state index in [-0.39, 0.29) is 11.9 Å². The molecule has 118 valence electrons. The molecule has 0 radical (unpaired) electrons. The summed E-state index contributed by atoms with van der Waals surface area (Å²) in [5, 5.41) is 3.42. The van der Waals surface area contributed by atoms with Crippen molar-refractivity contribution in [1.29, 1.82) is 0 Å². The third kappa shape index (κ3) is 3.18. The van der Waals surface area contributed by atoms with E-state index in [2.05, 4.69) is 15.3 Å². The van der Waals surface area contributed by atoms with E-state index in [4.69, 9.17) is 10.5 Å². The van der Waals surface area contributed by atoms with Gasteiger partial charge in [-0.3, -0.25) is 4.98 Å². The first kappa shape index (κ1) is 15.1. The normalized spacial score (nSPS) is 22.0. The zero-order chi connectivity index (χ0) is 15.5. The summed E-state index contributed by atoms with van der Waals surface area (Å²) in [6, 6.07) is 4.16. The van der Waals surface area contributed by atoms with Crippen molar-refractivity contribution < 1.29 is 9.13 Å². The summed E-state index contributed by atoms with van der Waals surface area (Å²) in [7, 11) is 1.55. The van der Waals surface area contributed by atoms with E-state index in [9.17, 15) is 4.39 Å². The van der Waals surface area contributed by atoms with Gasteiger partial charge in [0.2, 0.25) is 5.88 Å². The largest absolute Gasteiger partial charge is 0.481 e. The lowest BCUT2D eigenvalue weighted by Gasteiger charge is -2.27. The van der Waals surface area contributed by atoms with Gasteiger partial charge in [0.15, 0.2) is 0 Å². The zero-order valence-electron chi connectivity index (χ0n) is 12.7. The minimum Gasteiger partial charge on any atom is -0.481 e. The first-order valence-corrected chi connectivity index (χ1v) is 7.64. The molecule has 1 aliphatic heterocycles. The van der Waals surface area contributed by atoms with E-state index in [1.165, 1.54) is 6.20 Å². The van der Waals surface area contributed by atoms with Crippen LogP contribution in [0, 0.1) is 5.82 Å². The Bertz CT molecular complexity index is 656. The molecule has 0 aromatic carbocycles. The summed E-state index contributed by atoms with van der Waals surface area (Å²) in [4.78, 5) is 8.46. The first-order valence-electron chi connectivity index (χ1n) is 7.64. The maximum Gasteiger partial charge on any atom is 0.213 e. The van der Waals surface area contributed by atoms with Gasteiger partial charge in [-0.05, 0) is 31.7 Å². The average molecular weight is 304 g/mol. The van der Waals surface area contributed by atoms with Crippen molar-refractivity contribution in [2.75, 3.05) is 13.7 Å². The first-order chi connectivity index (χ1) is 10.7. The van der Waals surface area contributed by atoms with Gasteiger partial charge in [0.25, 0.3) is 0 Å². The summed E-state index contributed by atoms with van der Waals surface area (Å²) < 4.78 is 19.3. The van der Waals surface area contributed by atoms with Crippen molar-refractivity contribution in [3.8, 4) is 5.88 Å². The van der Waals surface area contributed by atoms with Crippen LogP contribution in [-0.2, 0) is 6.42 Å². The molecule has 3 rings (SSSR count). The number of piperidine rings is 1. The summed E-state index contributed by atoms with van der Waals surface area (Å²) in [6.45, 7) is 0.830. The third-order valence-corrected chi connectivity index (χ3v) is 4.25. The van der Waals surface area contributed by atoms with Crippen LogP contribution in [0.2, 0.25) is 0 Å². The predicted molar refractivity (Wildman–Crippen MR) is 83.4 cm³/mol. The molecule has 1 aliphatic rings. The monoisotopic (exact) mass is 304 g/mol. The van der Waals surface area contributed by atoms with E-state index in [1.54, 1.807) is 13.2 Å². The summed E-state index contributed by atoms with van der Waals surface area (Å²) >= 11 is 0. The van der Waals surface area contributed by atoms with Crippen LogP contribution in [-0.4, -0.2) is 35.7 Å². The number of pyridine rings is 2. The van der Waals surface area contributed by atoms with Crippen LogP contribution >= 0.6 is 0 Å². The molecule has 3 heterocycles.